The predicted molar refractivity (Wildman–Crippen MR) is 65.8 cm³/mol. The van der Waals surface area contributed by atoms with Crippen molar-refractivity contribution in [1.29, 1.82) is 0 Å². The molecule has 0 bridgehead atoms. The molecule has 0 amide bonds. The molecule has 1 aromatic rings. The van der Waals surface area contributed by atoms with Gasteiger partial charge in [-0.2, -0.15) is 4.58 Å². The Morgan fingerprint density at radius 1 is 1.44 bits per heavy atom. The lowest BCUT2D eigenvalue weighted by molar-refractivity contribution is -0.523. The molecule has 1 aromatic carbocycles. The number of para-hydroxylation sites is 1. The van der Waals surface area contributed by atoms with Crippen molar-refractivity contribution >= 4 is 17.8 Å². The molecule has 1 heterocycles. The first-order valence-electron chi connectivity index (χ1n) is 5.56. The number of benzene rings is 1. The van der Waals surface area contributed by atoms with Crippen molar-refractivity contribution in [3.05, 3.63) is 30.3 Å². The Kier molecular flexibility index (Phi) is 3.34. The van der Waals surface area contributed by atoms with Crippen molar-refractivity contribution in [3.8, 4) is 0 Å². The average molecular weight is 217 g/mol. The van der Waals surface area contributed by atoms with Crippen LogP contribution in [0.4, 0.5) is 5.69 Å². The van der Waals surface area contributed by atoms with Gasteiger partial charge in [-0.15, -0.1) is 0 Å². The zero-order valence-electron chi connectivity index (χ0n) is 9.76. The topological polar surface area (TPSA) is 24.6 Å². The lowest BCUT2D eigenvalue weighted by Crippen LogP contribution is -2.18. The van der Waals surface area contributed by atoms with Crippen LogP contribution < -0.4 is 0 Å². The van der Waals surface area contributed by atoms with E-state index in [4.69, 9.17) is 4.74 Å². The maximum absolute atomic E-state index is 5.57. The summed E-state index contributed by atoms with van der Waals surface area (Å²) in [5.74, 6) is 1.01. The SMILES string of the molecule is CC1COC(CC=Nc2ccccc2)=[N+]1C. The van der Waals surface area contributed by atoms with Gasteiger partial charge in [0.15, 0.2) is 12.6 Å². The smallest absolute Gasteiger partial charge is 0.342 e. The van der Waals surface area contributed by atoms with Crippen LogP contribution in [0.2, 0.25) is 0 Å². The molecule has 1 aliphatic rings. The minimum absolute atomic E-state index is 0.472. The Balaban J connectivity index is 1.96. The lowest BCUT2D eigenvalue weighted by atomic mass is 10.3. The summed E-state index contributed by atoms with van der Waals surface area (Å²) < 4.78 is 7.73. The number of nitrogens with zero attached hydrogens (tertiary/aromatic N) is 2. The van der Waals surface area contributed by atoms with E-state index in [0.29, 0.717) is 6.04 Å². The van der Waals surface area contributed by atoms with Gasteiger partial charge in [0.1, 0.15) is 13.5 Å². The molecule has 0 fully saturated rings. The molecule has 1 unspecified atom stereocenters. The average Bonchev–Trinajstić information content (AvgIpc) is 2.62. The molecule has 0 aromatic heterocycles. The third-order valence-electron chi connectivity index (χ3n) is 2.81. The maximum Gasteiger partial charge on any atom is 0.342 e. The Labute approximate surface area is 96.1 Å². The zero-order chi connectivity index (χ0) is 11.4. The third-order valence-corrected chi connectivity index (χ3v) is 2.81. The standard InChI is InChI=1S/C13H17N2O/c1-11-10-16-13(15(11)2)8-9-14-12-6-4-3-5-7-12/h3-7,9,11H,8,10H2,1-2H3/q+1. The number of hydrogen-bond donors (Lipinski definition) is 0. The normalized spacial score (nSPS) is 20.5. The van der Waals surface area contributed by atoms with Crippen molar-refractivity contribution in [2.45, 2.75) is 19.4 Å². The maximum atomic E-state index is 5.57. The predicted octanol–water partition coefficient (Wildman–Crippen LogP) is 2.24. The van der Waals surface area contributed by atoms with Crippen molar-refractivity contribution in [1.82, 2.24) is 0 Å². The molecule has 0 aliphatic carbocycles. The molecule has 0 saturated heterocycles. The summed E-state index contributed by atoms with van der Waals surface area (Å²) in [7, 11) is 2.06. The quantitative estimate of drug-likeness (QED) is 0.563. The van der Waals surface area contributed by atoms with Crippen LogP contribution >= 0.6 is 0 Å². The van der Waals surface area contributed by atoms with E-state index in [1.54, 1.807) is 0 Å². The summed E-state index contributed by atoms with van der Waals surface area (Å²) >= 11 is 0. The molecule has 0 radical (unpaired) electrons. The number of likely N-dealkylation sites (N-methyl/N-ethyl adjacent to an activating group) is 1. The van der Waals surface area contributed by atoms with E-state index in [9.17, 15) is 0 Å². The van der Waals surface area contributed by atoms with Crippen LogP contribution in [-0.2, 0) is 4.74 Å². The van der Waals surface area contributed by atoms with E-state index in [1.165, 1.54) is 0 Å². The van der Waals surface area contributed by atoms with Crippen LogP contribution in [-0.4, -0.2) is 36.4 Å². The van der Waals surface area contributed by atoms with E-state index in [-0.39, 0.29) is 0 Å². The Bertz CT molecular complexity index is 409. The van der Waals surface area contributed by atoms with Crippen LogP contribution in [0.5, 0.6) is 0 Å². The molecular weight excluding hydrogens is 200 g/mol. The number of aliphatic imine (C=N–C) groups is 1. The minimum atomic E-state index is 0.472. The lowest BCUT2D eigenvalue weighted by Gasteiger charge is -1.94. The van der Waals surface area contributed by atoms with E-state index >= 15 is 0 Å². The molecule has 1 aliphatic heterocycles. The van der Waals surface area contributed by atoms with Gasteiger partial charge < -0.3 is 4.74 Å². The minimum Gasteiger partial charge on any atom is -0.441 e. The van der Waals surface area contributed by atoms with E-state index in [2.05, 4.69) is 23.5 Å². The second-order valence-electron chi connectivity index (χ2n) is 4.02. The third kappa shape index (κ3) is 2.48. The fraction of sp³-hybridized carbons (Fsp3) is 0.385. The van der Waals surface area contributed by atoms with Gasteiger partial charge in [-0.05, 0) is 12.1 Å². The van der Waals surface area contributed by atoms with Gasteiger partial charge in [0.05, 0.1) is 5.69 Å². The molecule has 16 heavy (non-hydrogen) atoms. The molecule has 3 heteroatoms. The summed E-state index contributed by atoms with van der Waals surface area (Å²) in [6, 6.07) is 10.4. The van der Waals surface area contributed by atoms with E-state index in [0.717, 1.165) is 24.6 Å². The first kappa shape index (κ1) is 10.9. The summed E-state index contributed by atoms with van der Waals surface area (Å²) in [4.78, 5) is 4.38. The summed E-state index contributed by atoms with van der Waals surface area (Å²) in [6.07, 6.45) is 2.66. The number of rotatable bonds is 3. The van der Waals surface area contributed by atoms with Gasteiger partial charge in [0, 0.05) is 13.1 Å². The van der Waals surface area contributed by atoms with Gasteiger partial charge in [0.25, 0.3) is 0 Å². The van der Waals surface area contributed by atoms with Crippen molar-refractivity contribution in [2.24, 2.45) is 4.99 Å². The highest BCUT2D eigenvalue weighted by atomic mass is 16.5. The van der Waals surface area contributed by atoms with Crippen LogP contribution in [0, 0.1) is 0 Å². The van der Waals surface area contributed by atoms with E-state index in [1.807, 2.05) is 36.5 Å². The summed E-state index contributed by atoms with van der Waals surface area (Å²) in [5, 5.41) is 0. The van der Waals surface area contributed by atoms with E-state index < -0.39 is 0 Å². The first-order valence-corrected chi connectivity index (χ1v) is 5.56. The summed E-state index contributed by atoms with van der Waals surface area (Å²) in [5.41, 5.74) is 0.983. The highest BCUT2D eigenvalue weighted by molar-refractivity contribution is 5.88. The molecule has 1 atom stereocenters. The Hall–Kier alpha value is -1.64. The van der Waals surface area contributed by atoms with Crippen LogP contribution in [0.1, 0.15) is 13.3 Å². The number of ether oxygens (including phenoxy) is 1. The van der Waals surface area contributed by atoms with Crippen LogP contribution in [0.25, 0.3) is 0 Å². The fourth-order valence-electron chi connectivity index (χ4n) is 1.62. The largest absolute Gasteiger partial charge is 0.441 e. The van der Waals surface area contributed by atoms with Crippen LogP contribution in [0.3, 0.4) is 0 Å². The molecule has 0 spiro atoms. The van der Waals surface area contributed by atoms with Gasteiger partial charge in [-0.25, -0.2) is 0 Å². The van der Waals surface area contributed by atoms with Crippen LogP contribution in [0.15, 0.2) is 35.3 Å². The Morgan fingerprint density at radius 3 is 2.81 bits per heavy atom. The first-order chi connectivity index (χ1) is 7.77. The molecule has 2 rings (SSSR count). The monoisotopic (exact) mass is 217 g/mol. The van der Waals surface area contributed by atoms with Crippen molar-refractivity contribution < 1.29 is 9.31 Å². The number of hydrogen-bond acceptors (Lipinski definition) is 2. The Morgan fingerprint density at radius 2 is 2.19 bits per heavy atom. The van der Waals surface area contributed by atoms with Crippen molar-refractivity contribution in [2.75, 3.05) is 13.7 Å². The second kappa shape index (κ2) is 4.92. The molecule has 84 valence electrons. The molecular formula is C13H17N2O+. The van der Waals surface area contributed by atoms with Gasteiger partial charge in [0.2, 0.25) is 0 Å². The van der Waals surface area contributed by atoms with Gasteiger partial charge >= 0.3 is 5.90 Å². The highest BCUT2D eigenvalue weighted by Gasteiger charge is 2.26. The summed E-state index contributed by atoms with van der Waals surface area (Å²) in [6.45, 7) is 2.94. The molecule has 0 N–H and O–H groups in total. The second-order valence-corrected chi connectivity index (χ2v) is 4.02. The molecule has 3 nitrogen and oxygen atoms in total. The van der Waals surface area contributed by atoms with Gasteiger partial charge in [-0.3, -0.25) is 4.99 Å². The fourth-order valence-corrected chi connectivity index (χ4v) is 1.62. The molecule has 0 saturated carbocycles. The highest BCUT2D eigenvalue weighted by Crippen LogP contribution is 2.09. The zero-order valence-corrected chi connectivity index (χ0v) is 9.76. The van der Waals surface area contributed by atoms with Gasteiger partial charge in [-0.1, -0.05) is 18.2 Å². The van der Waals surface area contributed by atoms with Crippen molar-refractivity contribution in [3.63, 3.8) is 0 Å².